The molecular weight excluding hydrogens is 220 g/mol. The lowest BCUT2D eigenvalue weighted by Crippen LogP contribution is -2.62. The van der Waals surface area contributed by atoms with Crippen molar-refractivity contribution in [2.24, 2.45) is 0 Å². The highest BCUT2D eigenvalue weighted by molar-refractivity contribution is 5.96. The molecule has 1 heterocycles. The maximum atomic E-state index is 12.0. The second-order valence-electron chi connectivity index (χ2n) is 4.24. The Bertz CT molecular complexity index is 281. The Morgan fingerprint density at radius 1 is 1.35 bits per heavy atom. The highest BCUT2D eigenvalue weighted by atomic mass is 16.5. The SMILES string of the molecule is CCOCCCN1C(=O)C(C)NC(=O)C1CC. The summed E-state index contributed by atoms with van der Waals surface area (Å²) in [5, 5.41) is 2.70. The third-order valence-electron chi connectivity index (χ3n) is 2.97. The maximum Gasteiger partial charge on any atom is 0.245 e. The third kappa shape index (κ3) is 3.43. The van der Waals surface area contributed by atoms with E-state index < -0.39 is 6.04 Å². The number of hydrogen-bond donors (Lipinski definition) is 1. The summed E-state index contributed by atoms with van der Waals surface area (Å²) >= 11 is 0. The maximum absolute atomic E-state index is 12.0. The number of hydrogen-bond acceptors (Lipinski definition) is 3. The van der Waals surface area contributed by atoms with E-state index in [9.17, 15) is 9.59 Å². The molecule has 5 heteroatoms. The van der Waals surface area contributed by atoms with Crippen molar-refractivity contribution in [2.75, 3.05) is 19.8 Å². The summed E-state index contributed by atoms with van der Waals surface area (Å²) in [4.78, 5) is 25.4. The molecule has 2 unspecified atom stereocenters. The highest BCUT2D eigenvalue weighted by Gasteiger charge is 2.36. The van der Waals surface area contributed by atoms with Crippen LogP contribution in [0.4, 0.5) is 0 Å². The van der Waals surface area contributed by atoms with Crippen molar-refractivity contribution < 1.29 is 14.3 Å². The second kappa shape index (κ2) is 6.59. The van der Waals surface area contributed by atoms with Crippen molar-refractivity contribution in [2.45, 2.75) is 45.7 Å². The molecule has 0 bridgehead atoms. The summed E-state index contributed by atoms with van der Waals surface area (Å²) in [6.07, 6.45) is 1.43. The van der Waals surface area contributed by atoms with Crippen LogP contribution in [0, 0.1) is 0 Å². The van der Waals surface area contributed by atoms with Crippen LogP contribution in [0.5, 0.6) is 0 Å². The number of carbonyl (C=O) groups excluding carboxylic acids is 2. The minimum absolute atomic E-state index is 0.00736. The molecule has 0 aromatic carbocycles. The molecule has 1 rings (SSSR count). The van der Waals surface area contributed by atoms with Gasteiger partial charge in [-0.1, -0.05) is 6.92 Å². The molecule has 2 amide bonds. The van der Waals surface area contributed by atoms with Gasteiger partial charge in [-0.15, -0.1) is 0 Å². The number of rotatable bonds is 6. The topological polar surface area (TPSA) is 58.6 Å². The van der Waals surface area contributed by atoms with Gasteiger partial charge in [0.05, 0.1) is 0 Å². The summed E-state index contributed by atoms with van der Waals surface area (Å²) in [5.74, 6) is -0.0380. The van der Waals surface area contributed by atoms with Crippen molar-refractivity contribution in [1.82, 2.24) is 10.2 Å². The number of nitrogens with one attached hydrogen (secondary N) is 1. The molecule has 2 atom stereocenters. The molecular formula is C12H22N2O3. The van der Waals surface area contributed by atoms with Gasteiger partial charge in [0.15, 0.2) is 0 Å². The van der Waals surface area contributed by atoms with Crippen LogP contribution in [-0.4, -0.2) is 48.6 Å². The quantitative estimate of drug-likeness (QED) is 0.692. The van der Waals surface area contributed by atoms with Gasteiger partial charge in [0.1, 0.15) is 12.1 Å². The van der Waals surface area contributed by atoms with Crippen LogP contribution in [0.2, 0.25) is 0 Å². The lowest BCUT2D eigenvalue weighted by atomic mass is 10.1. The van der Waals surface area contributed by atoms with Gasteiger partial charge < -0.3 is 15.0 Å². The zero-order valence-electron chi connectivity index (χ0n) is 10.9. The first-order valence-electron chi connectivity index (χ1n) is 6.30. The Hall–Kier alpha value is -1.10. The summed E-state index contributed by atoms with van der Waals surface area (Å²) in [7, 11) is 0. The Morgan fingerprint density at radius 3 is 2.65 bits per heavy atom. The Labute approximate surface area is 102 Å². The van der Waals surface area contributed by atoms with Crippen LogP contribution in [-0.2, 0) is 14.3 Å². The van der Waals surface area contributed by atoms with E-state index in [-0.39, 0.29) is 17.9 Å². The van der Waals surface area contributed by atoms with E-state index in [4.69, 9.17) is 4.74 Å². The first-order valence-corrected chi connectivity index (χ1v) is 6.30. The van der Waals surface area contributed by atoms with Gasteiger partial charge in [-0.3, -0.25) is 9.59 Å². The van der Waals surface area contributed by atoms with E-state index in [0.717, 1.165) is 6.42 Å². The summed E-state index contributed by atoms with van der Waals surface area (Å²) in [6.45, 7) is 7.49. The Kier molecular flexibility index (Phi) is 5.41. The molecule has 1 saturated heterocycles. The second-order valence-corrected chi connectivity index (χ2v) is 4.24. The predicted octanol–water partition coefficient (Wildman–Crippen LogP) is 0.539. The number of amides is 2. The standard InChI is InChI=1S/C12H22N2O3/c1-4-10-11(15)13-9(3)12(16)14(10)7-6-8-17-5-2/h9-10H,4-8H2,1-3H3,(H,13,15). The fraction of sp³-hybridized carbons (Fsp3) is 0.833. The van der Waals surface area contributed by atoms with Gasteiger partial charge in [-0.2, -0.15) is 0 Å². The predicted molar refractivity (Wildman–Crippen MR) is 64.5 cm³/mol. The van der Waals surface area contributed by atoms with Crippen molar-refractivity contribution in [1.29, 1.82) is 0 Å². The lowest BCUT2D eigenvalue weighted by Gasteiger charge is -2.37. The molecule has 0 saturated carbocycles. The molecule has 0 radical (unpaired) electrons. The average Bonchev–Trinajstić information content (AvgIpc) is 2.30. The first kappa shape index (κ1) is 14.0. The van der Waals surface area contributed by atoms with Crippen molar-refractivity contribution in [3.63, 3.8) is 0 Å². The Morgan fingerprint density at radius 2 is 2.06 bits per heavy atom. The molecule has 1 aliphatic rings. The summed E-state index contributed by atoms with van der Waals surface area (Å²) < 4.78 is 5.24. The van der Waals surface area contributed by atoms with E-state index in [1.807, 2.05) is 13.8 Å². The molecule has 0 aromatic rings. The van der Waals surface area contributed by atoms with Crippen molar-refractivity contribution in [3.05, 3.63) is 0 Å². The molecule has 1 aliphatic heterocycles. The minimum Gasteiger partial charge on any atom is -0.382 e. The van der Waals surface area contributed by atoms with E-state index in [0.29, 0.717) is 26.2 Å². The van der Waals surface area contributed by atoms with Gasteiger partial charge in [0.2, 0.25) is 11.8 Å². The largest absolute Gasteiger partial charge is 0.382 e. The first-order chi connectivity index (χ1) is 8.11. The highest BCUT2D eigenvalue weighted by Crippen LogP contribution is 2.13. The summed E-state index contributed by atoms with van der Waals surface area (Å²) in [5.41, 5.74) is 0. The zero-order chi connectivity index (χ0) is 12.8. The molecule has 0 spiro atoms. The van der Waals surface area contributed by atoms with Crippen LogP contribution in [0.1, 0.15) is 33.6 Å². The molecule has 1 N–H and O–H groups in total. The van der Waals surface area contributed by atoms with Crippen LogP contribution < -0.4 is 5.32 Å². The number of piperazine rings is 1. The van der Waals surface area contributed by atoms with E-state index >= 15 is 0 Å². The molecule has 0 aromatic heterocycles. The van der Waals surface area contributed by atoms with Crippen LogP contribution in [0.3, 0.4) is 0 Å². The smallest absolute Gasteiger partial charge is 0.245 e. The van der Waals surface area contributed by atoms with Gasteiger partial charge in [-0.25, -0.2) is 0 Å². The fourth-order valence-electron chi connectivity index (χ4n) is 2.07. The average molecular weight is 242 g/mol. The van der Waals surface area contributed by atoms with Gasteiger partial charge in [0, 0.05) is 19.8 Å². The van der Waals surface area contributed by atoms with Gasteiger partial charge in [-0.05, 0) is 26.7 Å². The normalized spacial score (nSPS) is 25.0. The van der Waals surface area contributed by atoms with E-state index in [1.54, 1.807) is 11.8 Å². The zero-order valence-corrected chi connectivity index (χ0v) is 10.9. The van der Waals surface area contributed by atoms with Crippen molar-refractivity contribution in [3.8, 4) is 0 Å². The monoisotopic (exact) mass is 242 g/mol. The van der Waals surface area contributed by atoms with E-state index in [1.165, 1.54) is 0 Å². The molecule has 1 fully saturated rings. The van der Waals surface area contributed by atoms with Crippen molar-refractivity contribution >= 4 is 11.8 Å². The number of nitrogens with zero attached hydrogens (tertiary/aromatic N) is 1. The number of carbonyl (C=O) groups is 2. The number of ether oxygens (including phenoxy) is 1. The molecule has 5 nitrogen and oxygen atoms in total. The molecule has 98 valence electrons. The van der Waals surface area contributed by atoms with Crippen LogP contribution in [0.25, 0.3) is 0 Å². The molecule has 17 heavy (non-hydrogen) atoms. The molecule has 0 aliphatic carbocycles. The fourth-order valence-corrected chi connectivity index (χ4v) is 2.07. The minimum atomic E-state index is -0.405. The van der Waals surface area contributed by atoms with Crippen LogP contribution >= 0.6 is 0 Å². The summed E-state index contributed by atoms with van der Waals surface area (Å²) in [6, 6.07) is -0.724. The van der Waals surface area contributed by atoms with Gasteiger partial charge in [0.25, 0.3) is 0 Å². The van der Waals surface area contributed by atoms with E-state index in [2.05, 4.69) is 5.32 Å². The Balaban J connectivity index is 2.56. The van der Waals surface area contributed by atoms with Crippen LogP contribution in [0.15, 0.2) is 0 Å². The lowest BCUT2D eigenvalue weighted by molar-refractivity contribution is -0.149. The van der Waals surface area contributed by atoms with Gasteiger partial charge >= 0.3 is 0 Å². The third-order valence-corrected chi connectivity index (χ3v) is 2.97.